The Morgan fingerprint density at radius 2 is 2.05 bits per heavy atom. The van der Waals surface area contributed by atoms with Crippen LogP contribution in [0.4, 0.5) is 4.79 Å². The SMILES string of the molecule is COc1cccc2c1c(CBr)cn2C(=O)OC(C)(C)C. The zero-order valence-corrected chi connectivity index (χ0v) is 13.7. The molecule has 5 heteroatoms. The van der Waals surface area contributed by atoms with Crippen molar-refractivity contribution >= 4 is 32.9 Å². The van der Waals surface area contributed by atoms with Gasteiger partial charge in [-0.2, -0.15) is 0 Å². The molecule has 1 aromatic heterocycles. The van der Waals surface area contributed by atoms with Crippen molar-refractivity contribution < 1.29 is 14.3 Å². The van der Waals surface area contributed by atoms with Gasteiger partial charge in [0.25, 0.3) is 0 Å². The molecule has 0 saturated carbocycles. The molecule has 0 N–H and O–H groups in total. The fourth-order valence-electron chi connectivity index (χ4n) is 2.07. The van der Waals surface area contributed by atoms with E-state index in [9.17, 15) is 4.79 Å². The molecule has 20 heavy (non-hydrogen) atoms. The van der Waals surface area contributed by atoms with Gasteiger partial charge in [-0.3, -0.25) is 4.57 Å². The van der Waals surface area contributed by atoms with Crippen LogP contribution in [0, 0.1) is 0 Å². The molecular formula is C15H18BrNO3. The average Bonchev–Trinajstić information content (AvgIpc) is 2.75. The Labute approximate surface area is 126 Å². The lowest BCUT2D eigenvalue weighted by atomic mass is 10.2. The maximum atomic E-state index is 12.3. The van der Waals surface area contributed by atoms with Crippen molar-refractivity contribution in [2.24, 2.45) is 0 Å². The third kappa shape index (κ3) is 2.82. The summed E-state index contributed by atoms with van der Waals surface area (Å²) in [5.74, 6) is 0.749. The van der Waals surface area contributed by atoms with Crippen LogP contribution in [0.15, 0.2) is 24.4 Å². The molecule has 0 atom stereocenters. The van der Waals surface area contributed by atoms with Gasteiger partial charge in [-0.1, -0.05) is 22.0 Å². The van der Waals surface area contributed by atoms with Gasteiger partial charge in [-0.15, -0.1) is 0 Å². The van der Waals surface area contributed by atoms with Crippen molar-refractivity contribution in [2.45, 2.75) is 31.7 Å². The second-order valence-corrected chi connectivity index (χ2v) is 6.05. The standard InChI is InChI=1S/C15H18BrNO3/c1-15(2,3)20-14(18)17-9-10(8-16)13-11(17)6-5-7-12(13)19-4/h5-7,9H,8H2,1-4H3. The fraction of sp³-hybridized carbons (Fsp3) is 0.400. The van der Waals surface area contributed by atoms with Gasteiger partial charge in [0, 0.05) is 16.9 Å². The number of alkyl halides is 1. The number of rotatable bonds is 2. The summed E-state index contributed by atoms with van der Waals surface area (Å²) in [6, 6.07) is 5.63. The van der Waals surface area contributed by atoms with E-state index >= 15 is 0 Å². The van der Waals surface area contributed by atoms with Crippen molar-refractivity contribution in [1.29, 1.82) is 0 Å². The van der Waals surface area contributed by atoms with Crippen molar-refractivity contribution in [3.63, 3.8) is 0 Å². The summed E-state index contributed by atoms with van der Waals surface area (Å²) in [5.41, 5.74) is 1.25. The Balaban J connectivity index is 2.58. The number of carbonyl (C=O) groups excluding carboxylic acids is 1. The van der Waals surface area contributed by atoms with Crippen LogP contribution in [0.1, 0.15) is 26.3 Å². The van der Waals surface area contributed by atoms with Crippen LogP contribution in [-0.4, -0.2) is 23.4 Å². The smallest absolute Gasteiger partial charge is 0.419 e. The highest BCUT2D eigenvalue weighted by molar-refractivity contribution is 9.08. The minimum atomic E-state index is -0.527. The molecule has 0 amide bonds. The Morgan fingerprint density at radius 3 is 2.60 bits per heavy atom. The lowest BCUT2D eigenvalue weighted by Gasteiger charge is -2.19. The largest absolute Gasteiger partial charge is 0.496 e. The van der Waals surface area contributed by atoms with Crippen LogP contribution in [0.25, 0.3) is 10.9 Å². The molecule has 1 heterocycles. The molecule has 0 radical (unpaired) electrons. The third-order valence-electron chi connectivity index (χ3n) is 2.82. The van der Waals surface area contributed by atoms with E-state index in [0.29, 0.717) is 5.33 Å². The Morgan fingerprint density at radius 1 is 1.35 bits per heavy atom. The first-order valence-corrected chi connectivity index (χ1v) is 7.46. The summed E-state index contributed by atoms with van der Waals surface area (Å²) >= 11 is 3.44. The molecule has 0 unspecified atom stereocenters. The number of nitrogens with zero attached hydrogens (tertiary/aromatic N) is 1. The van der Waals surface area contributed by atoms with Gasteiger partial charge in [-0.25, -0.2) is 4.79 Å². The van der Waals surface area contributed by atoms with Crippen LogP contribution in [0.3, 0.4) is 0 Å². The number of benzene rings is 1. The highest BCUT2D eigenvalue weighted by Crippen LogP contribution is 2.32. The van der Waals surface area contributed by atoms with E-state index in [2.05, 4.69) is 15.9 Å². The van der Waals surface area contributed by atoms with Crippen LogP contribution in [-0.2, 0) is 10.1 Å². The molecular weight excluding hydrogens is 322 g/mol. The highest BCUT2D eigenvalue weighted by atomic mass is 79.9. The third-order valence-corrected chi connectivity index (χ3v) is 3.43. The molecule has 0 aliphatic carbocycles. The molecule has 0 bridgehead atoms. The Hall–Kier alpha value is -1.49. The summed E-state index contributed by atoms with van der Waals surface area (Å²) in [7, 11) is 1.62. The van der Waals surface area contributed by atoms with Crippen molar-refractivity contribution in [2.75, 3.05) is 7.11 Å². The normalized spacial score (nSPS) is 11.7. The summed E-state index contributed by atoms with van der Waals surface area (Å²) in [6.07, 6.45) is 1.40. The van der Waals surface area contributed by atoms with E-state index in [1.165, 1.54) is 4.57 Å². The van der Waals surface area contributed by atoms with E-state index in [4.69, 9.17) is 9.47 Å². The first kappa shape index (κ1) is 14.9. The predicted octanol–water partition coefficient (Wildman–Crippen LogP) is 4.33. The number of hydrogen-bond acceptors (Lipinski definition) is 3. The van der Waals surface area contributed by atoms with Gasteiger partial charge in [0.15, 0.2) is 0 Å². The second-order valence-electron chi connectivity index (χ2n) is 5.49. The van der Waals surface area contributed by atoms with Gasteiger partial charge in [0.2, 0.25) is 0 Å². The average molecular weight is 340 g/mol. The van der Waals surface area contributed by atoms with E-state index in [-0.39, 0.29) is 6.09 Å². The molecule has 0 aliphatic heterocycles. The summed E-state index contributed by atoms with van der Waals surface area (Å²) in [5, 5.41) is 1.57. The van der Waals surface area contributed by atoms with Crippen molar-refractivity contribution in [3.05, 3.63) is 30.0 Å². The Kier molecular flexibility index (Phi) is 4.09. The van der Waals surface area contributed by atoms with E-state index in [1.54, 1.807) is 13.3 Å². The zero-order chi connectivity index (χ0) is 14.9. The number of fused-ring (bicyclic) bond motifs is 1. The quantitative estimate of drug-likeness (QED) is 0.764. The lowest BCUT2D eigenvalue weighted by Crippen LogP contribution is -2.26. The Bertz CT molecular complexity index is 640. The van der Waals surface area contributed by atoms with Gasteiger partial charge < -0.3 is 9.47 Å². The molecule has 2 aromatic rings. The van der Waals surface area contributed by atoms with Gasteiger partial charge in [-0.05, 0) is 38.5 Å². The van der Waals surface area contributed by atoms with Crippen LogP contribution >= 0.6 is 15.9 Å². The first-order valence-electron chi connectivity index (χ1n) is 6.33. The van der Waals surface area contributed by atoms with Gasteiger partial charge in [0.1, 0.15) is 11.4 Å². The summed E-state index contributed by atoms with van der Waals surface area (Å²) < 4.78 is 12.3. The molecule has 0 fully saturated rings. The lowest BCUT2D eigenvalue weighted by molar-refractivity contribution is 0.0544. The molecule has 2 rings (SSSR count). The number of methoxy groups -OCH3 is 1. The number of ether oxygens (including phenoxy) is 2. The van der Waals surface area contributed by atoms with Crippen LogP contribution in [0.5, 0.6) is 5.75 Å². The van der Waals surface area contributed by atoms with Gasteiger partial charge >= 0.3 is 6.09 Å². The molecule has 1 aromatic carbocycles. The van der Waals surface area contributed by atoms with Crippen molar-refractivity contribution in [3.8, 4) is 5.75 Å². The monoisotopic (exact) mass is 339 g/mol. The number of carbonyl (C=O) groups is 1. The molecule has 0 saturated heterocycles. The molecule has 4 nitrogen and oxygen atoms in total. The molecule has 0 aliphatic rings. The van der Waals surface area contributed by atoms with Crippen molar-refractivity contribution in [1.82, 2.24) is 4.57 Å². The predicted molar refractivity (Wildman–Crippen MR) is 82.8 cm³/mol. The van der Waals surface area contributed by atoms with Crippen LogP contribution < -0.4 is 4.74 Å². The van der Waals surface area contributed by atoms with Gasteiger partial charge in [0.05, 0.1) is 12.6 Å². The maximum absolute atomic E-state index is 12.3. The maximum Gasteiger partial charge on any atom is 0.419 e. The number of hydrogen-bond donors (Lipinski definition) is 0. The second kappa shape index (κ2) is 5.48. The minimum absolute atomic E-state index is 0.386. The molecule has 0 spiro atoms. The highest BCUT2D eigenvalue weighted by Gasteiger charge is 2.21. The fourth-order valence-corrected chi connectivity index (χ4v) is 2.49. The minimum Gasteiger partial charge on any atom is -0.496 e. The van der Waals surface area contributed by atoms with Crippen LogP contribution in [0.2, 0.25) is 0 Å². The summed E-state index contributed by atoms with van der Waals surface area (Å²) in [4.78, 5) is 12.3. The number of halogens is 1. The first-order chi connectivity index (χ1) is 9.37. The number of aromatic nitrogens is 1. The summed E-state index contributed by atoms with van der Waals surface area (Å²) in [6.45, 7) is 5.55. The van der Waals surface area contributed by atoms with E-state index in [0.717, 1.165) is 22.2 Å². The molecule has 108 valence electrons. The van der Waals surface area contributed by atoms with E-state index < -0.39 is 5.60 Å². The van der Waals surface area contributed by atoms with E-state index in [1.807, 2.05) is 39.0 Å². The topological polar surface area (TPSA) is 40.5 Å². The zero-order valence-electron chi connectivity index (χ0n) is 12.1.